The molecule has 6 aromatic carbocycles. The van der Waals surface area contributed by atoms with Gasteiger partial charge in [0, 0.05) is 11.8 Å². The molecule has 2 nitrogen and oxygen atoms in total. The molecule has 1 spiro atoms. The molecular weight excluding hydrogens is 544 g/mol. The maximum Gasteiger partial charge on any atom is 0.0893 e. The second-order valence-corrected chi connectivity index (χ2v) is 12.1. The van der Waals surface area contributed by atoms with Crippen molar-refractivity contribution < 1.29 is 0 Å². The van der Waals surface area contributed by atoms with Gasteiger partial charge in [0.05, 0.1) is 22.5 Å². The minimum absolute atomic E-state index is 0.403. The van der Waals surface area contributed by atoms with Crippen LogP contribution in [0.3, 0.4) is 0 Å². The number of aromatic nitrogens is 2. The average Bonchev–Trinajstić information content (AvgIpc) is 3.58. The molecule has 0 amide bonds. The smallest absolute Gasteiger partial charge is 0.0893 e. The molecule has 0 N–H and O–H groups in total. The molecule has 0 bridgehead atoms. The van der Waals surface area contributed by atoms with Crippen molar-refractivity contribution in [2.45, 2.75) is 5.41 Å². The van der Waals surface area contributed by atoms with Crippen molar-refractivity contribution in [3.63, 3.8) is 0 Å². The molecule has 0 atom stereocenters. The quantitative estimate of drug-likeness (QED) is 0.207. The standard InChI is InChI=1S/C43H26N2/c1-2-11-28-26-38-35(25-27(28)10-1)34-22-19-29-24-30(39-17-9-18-41(45-39)40-16-7-8-23-44-40)20-21-31(29)42(34)43(38)36-14-5-3-12-32(36)33-13-4-6-15-37(33)43/h1-26H. The van der Waals surface area contributed by atoms with Crippen LogP contribution in [0.1, 0.15) is 22.3 Å². The second kappa shape index (κ2) is 9.07. The van der Waals surface area contributed by atoms with E-state index in [1.807, 2.05) is 30.5 Å². The van der Waals surface area contributed by atoms with Gasteiger partial charge in [-0.15, -0.1) is 0 Å². The van der Waals surface area contributed by atoms with Gasteiger partial charge >= 0.3 is 0 Å². The van der Waals surface area contributed by atoms with Crippen LogP contribution in [0.2, 0.25) is 0 Å². The summed E-state index contributed by atoms with van der Waals surface area (Å²) >= 11 is 0. The topological polar surface area (TPSA) is 25.8 Å². The van der Waals surface area contributed by atoms with E-state index in [0.29, 0.717) is 0 Å². The molecule has 2 heteroatoms. The van der Waals surface area contributed by atoms with Crippen LogP contribution in [-0.4, -0.2) is 9.97 Å². The van der Waals surface area contributed by atoms with Crippen molar-refractivity contribution in [3.8, 4) is 44.9 Å². The molecule has 0 aliphatic heterocycles. The monoisotopic (exact) mass is 570 g/mol. The molecule has 8 aromatic rings. The average molecular weight is 571 g/mol. The zero-order valence-corrected chi connectivity index (χ0v) is 24.4. The molecule has 2 heterocycles. The predicted molar refractivity (Wildman–Crippen MR) is 184 cm³/mol. The molecule has 0 saturated carbocycles. The Balaban J connectivity index is 1.27. The lowest BCUT2D eigenvalue weighted by molar-refractivity contribution is 0.802. The van der Waals surface area contributed by atoms with Gasteiger partial charge in [-0.25, -0.2) is 4.98 Å². The van der Waals surface area contributed by atoms with Crippen LogP contribution in [-0.2, 0) is 5.41 Å². The minimum atomic E-state index is -0.403. The number of fused-ring (bicyclic) bond motifs is 13. The SMILES string of the molecule is c1ccc(-c2cccc(-c3ccc4c5c(ccc4c3)-c3cc4ccccc4cc3C53c4ccccc4-c4ccccc43)n2)nc1. The first-order valence-electron chi connectivity index (χ1n) is 15.5. The summed E-state index contributed by atoms with van der Waals surface area (Å²) < 4.78 is 0. The highest BCUT2D eigenvalue weighted by Gasteiger charge is 2.52. The Morgan fingerprint density at radius 2 is 1.09 bits per heavy atom. The lowest BCUT2D eigenvalue weighted by Gasteiger charge is -2.31. The van der Waals surface area contributed by atoms with Crippen molar-refractivity contribution in [1.29, 1.82) is 0 Å². The van der Waals surface area contributed by atoms with Crippen LogP contribution in [0.25, 0.3) is 66.4 Å². The Bertz CT molecular complexity index is 2450. The van der Waals surface area contributed by atoms with Crippen molar-refractivity contribution in [1.82, 2.24) is 9.97 Å². The van der Waals surface area contributed by atoms with E-state index in [0.717, 1.165) is 22.6 Å². The van der Waals surface area contributed by atoms with E-state index in [1.165, 1.54) is 66.1 Å². The zero-order valence-electron chi connectivity index (χ0n) is 24.4. The number of hydrogen-bond acceptors (Lipinski definition) is 2. The Hall–Kier alpha value is -5.86. The number of nitrogens with zero attached hydrogens (tertiary/aromatic N) is 2. The molecule has 2 aliphatic rings. The summed E-state index contributed by atoms with van der Waals surface area (Å²) in [5.41, 5.74) is 14.2. The van der Waals surface area contributed by atoms with Gasteiger partial charge in [0.15, 0.2) is 0 Å². The van der Waals surface area contributed by atoms with Crippen molar-refractivity contribution in [3.05, 3.63) is 180 Å². The summed E-state index contributed by atoms with van der Waals surface area (Å²) in [6, 6.07) is 55.3. The van der Waals surface area contributed by atoms with Gasteiger partial charge in [0.25, 0.3) is 0 Å². The molecule has 10 rings (SSSR count). The number of rotatable bonds is 2. The van der Waals surface area contributed by atoms with Crippen LogP contribution >= 0.6 is 0 Å². The number of benzene rings is 6. The number of pyridine rings is 2. The first kappa shape index (κ1) is 24.6. The van der Waals surface area contributed by atoms with Crippen LogP contribution in [0.4, 0.5) is 0 Å². The van der Waals surface area contributed by atoms with E-state index >= 15 is 0 Å². The molecule has 0 radical (unpaired) electrons. The van der Waals surface area contributed by atoms with E-state index in [1.54, 1.807) is 0 Å². The summed E-state index contributed by atoms with van der Waals surface area (Å²) in [6.45, 7) is 0. The molecule has 0 saturated heterocycles. The largest absolute Gasteiger partial charge is 0.255 e. The molecule has 2 aliphatic carbocycles. The molecule has 208 valence electrons. The van der Waals surface area contributed by atoms with E-state index in [4.69, 9.17) is 4.98 Å². The molecule has 45 heavy (non-hydrogen) atoms. The summed E-state index contributed by atoms with van der Waals surface area (Å²) in [7, 11) is 0. The summed E-state index contributed by atoms with van der Waals surface area (Å²) in [5, 5.41) is 5.04. The van der Waals surface area contributed by atoms with Crippen molar-refractivity contribution in [2.24, 2.45) is 0 Å². The van der Waals surface area contributed by atoms with Gasteiger partial charge in [0.2, 0.25) is 0 Å². The Morgan fingerprint density at radius 1 is 0.400 bits per heavy atom. The Kier molecular flexibility index (Phi) is 4.95. The highest BCUT2D eigenvalue weighted by Crippen LogP contribution is 2.64. The van der Waals surface area contributed by atoms with Gasteiger partial charge < -0.3 is 0 Å². The van der Waals surface area contributed by atoms with Crippen LogP contribution in [0, 0.1) is 0 Å². The summed E-state index contributed by atoms with van der Waals surface area (Å²) in [6.07, 6.45) is 1.82. The third-order valence-electron chi connectivity index (χ3n) is 9.90. The number of hydrogen-bond donors (Lipinski definition) is 0. The van der Waals surface area contributed by atoms with Crippen molar-refractivity contribution >= 4 is 21.5 Å². The molecule has 2 aromatic heterocycles. The minimum Gasteiger partial charge on any atom is -0.255 e. The van der Waals surface area contributed by atoms with Gasteiger partial charge in [-0.2, -0.15) is 0 Å². The first-order chi connectivity index (χ1) is 22.3. The maximum absolute atomic E-state index is 5.02. The summed E-state index contributed by atoms with van der Waals surface area (Å²) in [5.74, 6) is 0. The van der Waals surface area contributed by atoms with Gasteiger partial charge in [-0.05, 0) is 109 Å². The third kappa shape index (κ3) is 3.29. The van der Waals surface area contributed by atoms with Gasteiger partial charge in [-0.3, -0.25) is 4.98 Å². The van der Waals surface area contributed by atoms with E-state index in [9.17, 15) is 0 Å². The van der Waals surface area contributed by atoms with E-state index in [-0.39, 0.29) is 0 Å². The predicted octanol–water partition coefficient (Wildman–Crippen LogP) is 10.5. The van der Waals surface area contributed by atoms with E-state index in [2.05, 4.69) is 132 Å². The second-order valence-electron chi connectivity index (χ2n) is 12.1. The van der Waals surface area contributed by atoms with Crippen LogP contribution in [0.15, 0.2) is 158 Å². The normalized spacial score (nSPS) is 13.5. The van der Waals surface area contributed by atoms with Crippen LogP contribution < -0.4 is 0 Å². The van der Waals surface area contributed by atoms with Gasteiger partial charge in [0.1, 0.15) is 0 Å². The fraction of sp³-hybridized carbons (Fsp3) is 0.0233. The van der Waals surface area contributed by atoms with Gasteiger partial charge in [-0.1, -0.05) is 109 Å². The Labute approximate surface area is 261 Å². The molecular formula is C43H26N2. The third-order valence-corrected chi connectivity index (χ3v) is 9.90. The highest BCUT2D eigenvalue weighted by atomic mass is 14.8. The highest BCUT2D eigenvalue weighted by molar-refractivity contribution is 6.06. The fourth-order valence-corrected chi connectivity index (χ4v) is 8.07. The summed E-state index contributed by atoms with van der Waals surface area (Å²) in [4.78, 5) is 9.55. The van der Waals surface area contributed by atoms with Crippen molar-refractivity contribution in [2.75, 3.05) is 0 Å². The lowest BCUT2D eigenvalue weighted by atomic mass is 9.69. The van der Waals surface area contributed by atoms with Crippen LogP contribution in [0.5, 0.6) is 0 Å². The first-order valence-corrected chi connectivity index (χ1v) is 15.5. The maximum atomic E-state index is 5.02. The fourth-order valence-electron chi connectivity index (χ4n) is 8.07. The lowest BCUT2D eigenvalue weighted by Crippen LogP contribution is -2.26. The Morgan fingerprint density at radius 3 is 1.87 bits per heavy atom. The molecule has 0 fully saturated rings. The zero-order chi connectivity index (χ0) is 29.5. The molecule has 0 unspecified atom stereocenters. The van der Waals surface area contributed by atoms with E-state index < -0.39 is 5.41 Å².